The highest BCUT2D eigenvalue weighted by Gasteiger charge is 2.12. The second kappa shape index (κ2) is 10.1. The lowest BCUT2D eigenvalue weighted by atomic mass is 10.1. The van der Waals surface area contributed by atoms with Crippen molar-refractivity contribution < 1.29 is 13.9 Å². The zero-order valence-corrected chi connectivity index (χ0v) is 18.2. The number of aryl methyl sites for hydroxylation is 1. The molecule has 1 amide bonds. The van der Waals surface area contributed by atoms with Gasteiger partial charge in [0, 0.05) is 48.4 Å². The van der Waals surface area contributed by atoms with E-state index in [4.69, 9.17) is 4.74 Å². The van der Waals surface area contributed by atoms with Crippen molar-refractivity contribution in [3.8, 4) is 10.9 Å². The molecule has 0 spiro atoms. The lowest BCUT2D eigenvalue weighted by Crippen LogP contribution is -2.25. The minimum absolute atomic E-state index is 0.181. The Hall–Kier alpha value is -3.65. The molecule has 162 valence electrons. The summed E-state index contributed by atoms with van der Waals surface area (Å²) in [5, 5.41) is 3.29. The Morgan fingerprint density at radius 2 is 1.97 bits per heavy atom. The third-order valence-electron chi connectivity index (χ3n) is 4.77. The number of nitrogens with zero attached hydrogens (tertiary/aromatic N) is 3. The first-order chi connectivity index (χ1) is 15.6. The van der Waals surface area contributed by atoms with Crippen molar-refractivity contribution in [2.24, 2.45) is 0 Å². The first-order valence-corrected chi connectivity index (χ1v) is 10.9. The summed E-state index contributed by atoms with van der Waals surface area (Å²) >= 11 is 1.14. The van der Waals surface area contributed by atoms with Crippen LogP contribution in [0.3, 0.4) is 0 Å². The molecule has 1 N–H and O–H groups in total. The van der Waals surface area contributed by atoms with E-state index in [1.54, 1.807) is 30.5 Å². The number of amides is 1. The van der Waals surface area contributed by atoms with E-state index in [2.05, 4.69) is 19.7 Å². The molecule has 8 heteroatoms. The van der Waals surface area contributed by atoms with Gasteiger partial charge in [-0.15, -0.1) is 0 Å². The van der Waals surface area contributed by atoms with Gasteiger partial charge in [0.05, 0.1) is 0 Å². The van der Waals surface area contributed by atoms with Crippen LogP contribution < -0.4 is 10.1 Å². The van der Waals surface area contributed by atoms with Crippen molar-refractivity contribution >= 4 is 17.4 Å². The van der Waals surface area contributed by atoms with Gasteiger partial charge in [-0.2, -0.15) is 9.36 Å². The highest BCUT2D eigenvalue weighted by atomic mass is 32.1. The van der Waals surface area contributed by atoms with E-state index in [0.717, 1.165) is 28.4 Å². The molecule has 6 nitrogen and oxygen atoms in total. The maximum absolute atomic E-state index is 13.1. The maximum atomic E-state index is 13.1. The normalized spacial score (nSPS) is 10.7. The number of rotatable bonds is 8. The summed E-state index contributed by atoms with van der Waals surface area (Å²) in [6.45, 7) is 2.39. The van der Waals surface area contributed by atoms with E-state index in [1.165, 1.54) is 12.1 Å². The minimum Gasteiger partial charge on any atom is -0.430 e. The number of aromatic nitrogens is 3. The van der Waals surface area contributed by atoms with Gasteiger partial charge in [-0.3, -0.25) is 9.78 Å². The van der Waals surface area contributed by atoms with Gasteiger partial charge in [-0.1, -0.05) is 24.3 Å². The lowest BCUT2D eigenvalue weighted by molar-refractivity contribution is 0.0953. The number of nitrogens with one attached hydrogen (secondary N) is 1. The van der Waals surface area contributed by atoms with Gasteiger partial charge in [0.15, 0.2) is 5.82 Å². The minimum atomic E-state index is -0.278. The molecule has 0 atom stereocenters. The number of ether oxygens (including phenoxy) is 1. The zero-order chi connectivity index (χ0) is 22.3. The Morgan fingerprint density at radius 3 is 2.75 bits per heavy atom. The number of benzene rings is 2. The Kier molecular flexibility index (Phi) is 6.81. The summed E-state index contributed by atoms with van der Waals surface area (Å²) in [5.74, 6) is 0.685. The number of carbonyl (C=O) groups excluding carboxylic acids is 1. The number of hydrogen-bond donors (Lipinski definition) is 1. The van der Waals surface area contributed by atoms with Crippen molar-refractivity contribution in [3.05, 3.63) is 101 Å². The second-order valence-electron chi connectivity index (χ2n) is 7.19. The summed E-state index contributed by atoms with van der Waals surface area (Å²) in [5.41, 5.74) is 3.22. The number of halogens is 1. The fourth-order valence-corrected chi connectivity index (χ4v) is 3.60. The van der Waals surface area contributed by atoms with Crippen molar-refractivity contribution in [3.63, 3.8) is 0 Å². The van der Waals surface area contributed by atoms with Crippen LogP contribution in [0.25, 0.3) is 0 Å². The van der Waals surface area contributed by atoms with Crippen LogP contribution in [0, 0.1) is 12.7 Å². The van der Waals surface area contributed by atoms with Gasteiger partial charge in [0.25, 0.3) is 11.1 Å². The Bertz CT molecular complexity index is 1200. The SMILES string of the molecule is Cc1ccc(C(=O)NCCc2ccccn2)cc1Oc1nc(Cc2ccc(F)cc2)ns1. The fraction of sp³-hybridized carbons (Fsp3) is 0.167. The summed E-state index contributed by atoms with van der Waals surface area (Å²) in [6.07, 6.45) is 2.88. The lowest BCUT2D eigenvalue weighted by Gasteiger charge is -2.09. The Labute approximate surface area is 189 Å². The Balaban J connectivity index is 1.37. The van der Waals surface area contributed by atoms with Crippen LogP contribution in [0.5, 0.6) is 10.9 Å². The zero-order valence-electron chi connectivity index (χ0n) is 17.4. The third-order valence-corrected chi connectivity index (χ3v) is 5.40. The van der Waals surface area contributed by atoms with Crippen LogP contribution in [-0.4, -0.2) is 26.8 Å². The van der Waals surface area contributed by atoms with E-state index in [-0.39, 0.29) is 11.7 Å². The molecule has 4 aromatic rings. The standard InChI is InChI=1S/C24H21FN4O2S/c1-16-5-8-18(23(30)27-13-11-20-4-2-3-12-26-20)15-21(16)31-24-28-22(29-32-24)14-17-6-9-19(25)10-7-17/h2-10,12,15H,11,13-14H2,1H3,(H,27,30). The topological polar surface area (TPSA) is 77.0 Å². The molecule has 0 saturated heterocycles. The fourth-order valence-electron chi connectivity index (χ4n) is 3.03. The molecule has 0 bridgehead atoms. The summed E-state index contributed by atoms with van der Waals surface area (Å²) < 4.78 is 23.3. The predicted octanol–water partition coefficient (Wildman–Crippen LogP) is 4.74. The van der Waals surface area contributed by atoms with Gasteiger partial charge in [0.2, 0.25) is 0 Å². The molecule has 4 rings (SSSR count). The average Bonchev–Trinajstić information content (AvgIpc) is 3.24. The largest absolute Gasteiger partial charge is 0.430 e. The molecule has 0 unspecified atom stereocenters. The second-order valence-corrected chi connectivity index (χ2v) is 7.90. The van der Waals surface area contributed by atoms with E-state index in [9.17, 15) is 9.18 Å². The summed E-state index contributed by atoms with van der Waals surface area (Å²) in [7, 11) is 0. The monoisotopic (exact) mass is 448 g/mol. The quantitative estimate of drug-likeness (QED) is 0.421. The molecule has 0 fully saturated rings. The van der Waals surface area contributed by atoms with Gasteiger partial charge < -0.3 is 10.1 Å². The number of carbonyl (C=O) groups is 1. The van der Waals surface area contributed by atoms with E-state index in [0.29, 0.717) is 41.7 Å². The van der Waals surface area contributed by atoms with Crippen LogP contribution in [0.15, 0.2) is 66.9 Å². The average molecular weight is 449 g/mol. The van der Waals surface area contributed by atoms with E-state index >= 15 is 0 Å². The molecule has 0 aliphatic carbocycles. The maximum Gasteiger partial charge on any atom is 0.298 e. The van der Waals surface area contributed by atoms with Crippen LogP contribution in [-0.2, 0) is 12.8 Å². The van der Waals surface area contributed by atoms with E-state index < -0.39 is 0 Å². The highest BCUT2D eigenvalue weighted by Crippen LogP contribution is 2.28. The number of pyridine rings is 1. The van der Waals surface area contributed by atoms with Gasteiger partial charge in [0.1, 0.15) is 11.6 Å². The van der Waals surface area contributed by atoms with Gasteiger partial charge in [-0.25, -0.2) is 4.39 Å². The van der Waals surface area contributed by atoms with Crippen LogP contribution in [0.4, 0.5) is 4.39 Å². The Morgan fingerprint density at radius 1 is 1.12 bits per heavy atom. The van der Waals surface area contributed by atoms with Crippen molar-refractivity contribution in [1.82, 2.24) is 19.7 Å². The predicted molar refractivity (Wildman–Crippen MR) is 121 cm³/mol. The molecule has 2 heterocycles. The van der Waals surface area contributed by atoms with Gasteiger partial charge >= 0.3 is 0 Å². The van der Waals surface area contributed by atoms with Crippen molar-refractivity contribution in [2.45, 2.75) is 19.8 Å². The van der Waals surface area contributed by atoms with Crippen LogP contribution in [0.2, 0.25) is 0 Å². The molecular formula is C24H21FN4O2S. The molecule has 0 aliphatic heterocycles. The van der Waals surface area contributed by atoms with Crippen molar-refractivity contribution in [1.29, 1.82) is 0 Å². The molecule has 0 radical (unpaired) electrons. The molecule has 0 saturated carbocycles. The van der Waals surface area contributed by atoms with Crippen LogP contribution >= 0.6 is 11.5 Å². The summed E-state index contributed by atoms with van der Waals surface area (Å²) in [6, 6.07) is 17.2. The van der Waals surface area contributed by atoms with Crippen molar-refractivity contribution in [2.75, 3.05) is 6.54 Å². The third kappa shape index (κ3) is 5.73. The van der Waals surface area contributed by atoms with E-state index in [1.807, 2.05) is 31.2 Å². The molecule has 2 aromatic heterocycles. The molecule has 32 heavy (non-hydrogen) atoms. The molecule has 0 aliphatic rings. The number of hydrogen-bond acceptors (Lipinski definition) is 6. The molecule has 2 aromatic carbocycles. The van der Waals surface area contributed by atoms with Crippen LogP contribution in [0.1, 0.15) is 33.0 Å². The summed E-state index contributed by atoms with van der Waals surface area (Å²) in [4.78, 5) is 21.2. The smallest absolute Gasteiger partial charge is 0.298 e. The first kappa shape index (κ1) is 21.6. The molecular weight excluding hydrogens is 427 g/mol. The highest BCUT2D eigenvalue weighted by molar-refractivity contribution is 7.07. The first-order valence-electron chi connectivity index (χ1n) is 10.1. The van der Waals surface area contributed by atoms with Gasteiger partial charge in [-0.05, 0) is 54.4 Å².